The van der Waals surface area contributed by atoms with Crippen molar-refractivity contribution in [1.29, 1.82) is 0 Å². The van der Waals surface area contributed by atoms with E-state index in [0.29, 0.717) is 47.5 Å². The second-order valence-corrected chi connectivity index (χ2v) is 11.2. The van der Waals surface area contributed by atoms with E-state index < -0.39 is 0 Å². The molecule has 2 aliphatic heterocycles. The van der Waals surface area contributed by atoms with E-state index in [9.17, 15) is 9.59 Å². The van der Waals surface area contributed by atoms with Gasteiger partial charge in [0.25, 0.3) is 0 Å². The Labute approximate surface area is 269 Å². The van der Waals surface area contributed by atoms with Crippen molar-refractivity contribution >= 4 is 56.9 Å². The van der Waals surface area contributed by atoms with Crippen molar-refractivity contribution in [3.63, 3.8) is 0 Å². The van der Waals surface area contributed by atoms with Crippen LogP contribution >= 0.6 is 23.2 Å². The van der Waals surface area contributed by atoms with E-state index in [0.717, 1.165) is 16.3 Å². The molecule has 13 nitrogen and oxygen atoms in total. The van der Waals surface area contributed by atoms with E-state index in [2.05, 4.69) is 24.7 Å². The van der Waals surface area contributed by atoms with Gasteiger partial charge in [-0.1, -0.05) is 23.2 Å². The van der Waals surface area contributed by atoms with Crippen LogP contribution in [0.1, 0.15) is 12.8 Å². The lowest BCUT2D eigenvalue weighted by atomic mass is 10.2. The number of methoxy groups -OCH3 is 2. The van der Waals surface area contributed by atoms with Gasteiger partial charge in [-0.15, -0.1) is 0 Å². The summed E-state index contributed by atoms with van der Waals surface area (Å²) in [5.74, 6) is 0.388. The number of aliphatic hydroxyl groups is 1. The van der Waals surface area contributed by atoms with Gasteiger partial charge in [-0.2, -0.15) is 0 Å². The second kappa shape index (κ2) is 15.4. The third kappa shape index (κ3) is 8.65. The molecule has 4 atom stereocenters. The molecule has 4 heterocycles. The average Bonchev–Trinajstić information content (AvgIpc) is 3.56. The molecular formula is C30H34Cl2N6O7. The first-order chi connectivity index (χ1) is 21.5. The molecule has 15 heteroatoms. The van der Waals surface area contributed by atoms with E-state index in [1.807, 2.05) is 30.1 Å². The minimum atomic E-state index is -0.385. The normalized spacial score (nSPS) is 21.4. The quantitative estimate of drug-likeness (QED) is 0.243. The molecular weight excluding hydrogens is 627 g/mol. The Morgan fingerprint density at radius 3 is 1.89 bits per heavy atom. The van der Waals surface area contributed by atoms with E-state index in [-0.39, 0.29) is 42.0 Å². The summed E-state index contributed by atoms with van der Waals surface area (Å²) in [5.41, 5.74) is 1.38. The Hall–Kier alpha value is -3.88. The summed E-state index contributed by atoms with van der Waals surface area (Å²) >= 11 is 11.8. The molecule has 0 unspecified atom stereocenters. The number of aliphatic hydroxyl groups excluding tert-OH is 1. The summed E-state index contributed by atoms with van der Waals surface area (Å²) in [6, 6.07) is 9.77. The van der Waals surface area contributed by atoms with Crippen molar-refractivity contribution < 1.29 is 34.0 Å². The molecule has 45 heavy (non-hydrogen) atoms. The number of β-amino-alcohol motifs (C(OH)–C–C–N with tert-alkyl or cyclic N) is 1. The minimum Gasteiger partial charge on any atom is -0.508 e. The Morgan fingerprint density at radius 2 is 1.33 bits per heavy atom. The van der Waals surface area contributed by atoms with Gasteiger partial charge in [-0.05, 0) is 38.4 Å². The Balaban J connectivity index is 0.000000169. The largest absolute Gasteiger partial charge is 0.508 e. The molecule has 2 N–H and O–H groups in total. The molecule has 0 radical (unpaired) electrons. The number of carbonyl (C=O) groups is 2. The topological polar surface area (TPSA) is 160 Å². The van der Waals surface area contributed by atoms with Gasteiger partial charge >= 0.3 is 11.9 Å². The summed E-state index contributed by atoms with van der Waals surface area (Å²) in [5, 5.41) is 20.6. The number of aromatic hydroxyl groups is 1. The fraction of sp³-hybridized carbons (Fsp3) is 0.400. The van der Waals surface area contributed by atoms with Crippen LogP contribution in [0, 0.1) is 0 Å². The lowest BCUT2D eigenvalue weighted by molar-refractivity contribution is -0.146. The van der Waals surface area contributed by atoms with Crippen molar-refractivity contribution in [1.82, 2.24) is 29.7 Å². The number of ether oxygens (including phenoxy) is 3. The average molecular weight is 662 g/mol. The van der Waals surface area contributed by atoms with E-state index in [1.54, 1.807) is 30.1 Å². The second-order valence-electron chi connectivity index (χ2n) is 10.5. The van der Waals surface area contributed by atoms with E-state index in [4.69, 9.17) is 42.9 Å². The number of likely N-dealkylation sites (N-methyl/N-ethyl adjacent to an activating group) is 2. The predicted molar refractivity (Wildman–Crippen MR) is 167 cm³/mol. The van der Waals surface area contributed by atoms with Crippen molar-refractivity contribution in [2.75, 3.05) is 41.4 Å². The summed E-state index contributed by atoms with van der Waals surface area (Å²) < 4.78 is 15.3. The monoisotopic (exact) mass is 660 g/mol. The predicted octanol–water partition coefficient (Wildman–Crippen LogP) is 3.12. The number of aromatic nitrogens is 4. The number of hydrogen-bond acceptors (Lipinski definition) is 13. The zero-order chi connectivity index (χ0) is 32.7. The third-order valence-corrected chi connectivity index (χ3v) is 8.02. The van der Waals surface area contributed by atoms with Gasteiger partial charge in [0.1, 0.15) is 52.6 Å². The Bertz CT molecular complexity index is 1650. The number of halogens is 2. The van der Waals surface area contributed by atoms with Crippen LogP contribution in [0.25, 0.3) is 21.8 Å². The first-order valence-electron chi connectivity index (χ1n) is 13.9. The van der Waals surface area contributed by atoms with Gasteiger partial charge in [0, 0.05) is 48.8 Å². The summed E-state index contributed by atoms with van der Waals surface area (Å²) in [7, 11) is 6.45. The zero-order valence-electron chi connectivity index (χ0n) is 25.1. The number of carbonyl (C=O) groups excluding carboxylic acids is 2. The highest BCUT2D eigenvalue weighted by Gasteiger charge is 2.36. The first kappa shape index (κ1) is 34.0. The number of hydrogen-bond donors (Lipinski definition) is 2. The van der Waals surface area contributed by atoms with Gasteiger partial charge in [-0.3, -0.25) is 19.4 Å². The first-order valence-corrected chi connectivity index (χ1v) is 14.7. The molecule has 2 aliphatic rings. The van der Waals surface area contributed by atoms with Crippen molar-refractivity contribution in [2.45, 2.75) is 37.1 Å². The number of phenols is 1. The molecule has 2 fully saturated rings. The molecule has 2 aromatic heterocycles. The molecule has 2 aromatic carbocycles. The fourth-order valence-corrected chi connectivity index (χ4v) is 5.52. The van der Waals surface area contributed by atoms with Crippen molar-refractivity contribution in [2.24, 2.45) is 0 Å². The highest BCUT2D eigenvalue weighted by Crippen LogP contribution is 2.27. The van der Waals surface area contributed by atoms with E-state index >= 15 is 0 Å². The molecule has 0 aliphatic carbocycles. The number of esters is 2. The lowest BCUT2D eigenvalue weighted by Gasteiger charge is -2.15. The molecule has 0 spiro atoms. The van der Waals surface area contributed by atoms with E-state index in [1.165, 1.54) is 26.9 Å². The highest BCUT2D eigenvalue weighted by molar-refractivity contribution is 6.34. The minimum absolute atomic E-state index is 0.0659. The molecule has 2 saturated heterocycles. The van der Waals surface area contributed by atoms with Crippen LogP contribution < -0.4 is 4.74 Å². The van der Waals surface area contributed by atoms with Crippen LogP contribution in [0.2, 0.25) is 10.3 Å². The van der Waals surface area contributed by atoms with Gasteiger partial charge in [0.2, 0.25) is 0 Å². The Kier molecular flexibility index (Phi) is 11.6. The van der Waals surface area contributed by atoms with Crippen LogP contribution in [0.15, 0.2) is 49.1 Å². The number of likely N-dealkylation sites (tertiary alicyclic amines) is 2. The highest BCUT2D eigenvalue weighted by atomic mass is 35.5. The van der Waals surface area contributed by atoms with Crippen LogP contribution in [0.5, 0.6) is 11.5 Å². The molecule has 0 amide bonds. The van der Waals surface area contributed by atoms with Crippen LogP contribution in [-0.2, 0) is 19.1 Å². The molecule has 6 rings (SSSR count). The van der Waals surface area contributed by atoms with Crippen LogP contribution in [0.4, 0.5) is 0 Å². The number of benzene rings is 2. The van der Waals surface area contributed by atoms with Gasteiger partial charge < -0.3 is 24.4 Å². The third-order valence-electron chi connectivity index (χ3n) is 7.42. The van der Waals surface area contributed by atoms with Crippen LogP contribution in [-0.4, -0.2) is 118 Å². The van der Waals surface area contributed by atoms with Crippen LogP contribution in [0.3, 0.4) is 0 Å². The molecule has 240 valence electrons. The zero-order valence-corrected chi connectivity index (χ0v) is 26.6. The van der Waals surface area contributed by atoms with Crippen molar-refractivity contribution in [3.05, 3.63) is 59.4 Å². The van der Waals surface area contributed by atoms with Gasteiger partial charge in [-0.25, -0.2) is 19.9 Å². The smallest absolute Gasteiger partial charge is 0.323 e. The fourth-order valence-electron chi connectivity index (χ4n) is 5.12. The van der Waals surface area contributed by atoms with Crippen molar-refractivity contribution in [3.8, 4) is 11.5 Å². The molecule has 4 aromatic rings. The SMILES string of the molecule is COC(=O)[C@@H]1C[C@@H](O)CN1C.COC(=O)[C@@H]1C[C@H](Oc2ccc3c(Cl)ncnc3c2)CN1C.Oc1ccc2c(Cl)ncnc2c1. The maximum Gasteiger partial charge on any atom is 0.323 e. The Morgan fingerprint density at radius 1 is 0.800 bits per heavy atom. The summed E-state index contributed by atoms with van der Waals surface area (Å²) in [6.45, 7) is 1.22. The number of nitrogens with zero attached hydrogens (tertiary/aromatic N) is 6. The standard InChI is InChI=1S/C15H16ClN3O3.C8H5ClN2O.C7H13NO3/c1-19-7-10(6-13(19)15(20)21-2)22-9-3-4-11-12(5-9)17-8-18-14(11)16;9-8-6-2-1-5(12)3-7(6)10-4-11-8;1-8-4-5(9)3-6(8)7(10)11-2/h3-5,8,10,13H,6-7H2,1-2H3;1-4,12H;5-6,9H,3-4H2,1-2H3/t10-,13-;;5-,6+/m0.1/s1. The number of phenolic OH excluding ortho intramolecular Hbond substituents is 1. The summed E-state index contributed by atoms with van der Waals surface area (Å²) in [6.07, 6.45) is 3.43. The summed E-state index contributed by atoms with van der Waals surface area (Å²) in [4.78, 5) is 42.3. The van der Waals surface area contributed by atoms with Gasteiger partial charge in [0.15, 0.2) is 0 Å². The number of rotatable bonds is 4. The maximum atomic E-state index is 11.7. The number of fused-ring (bicyclic) bond motifs is 2. The maximum absolute atomic E-state index is 11.7. The molecule has 0 saturated carbocycles. The molecule has 0 bridgehead atoms. The lowest BCUT2D eigenvalue weighted by Crippen LogP contribution is -2.33. The van der Waals surface area contributed by atoms with Gasteiger partial charge in [0.05, 0.1) is 31.4 Å².